The summed E-state index contributed by atoms with van der Waals surface area (Å²) in [6.45, 7) is 1.37. The number of aliphatic hydroxyl groups is 1. The molecular weight excluding hydrogens is 244 g/mol. The van der Waals surface area contributed by atoms with Crippen LogP contribution in [0.2, 0.25) is 5.02 Å². The summed E-state index contributed by atoms with van der Waals surface area (Å²) in [5.74, 6) is -1.17. The lowest BCUT2D eigenvalue weighted by molar-refractivity contribution is -0.140. The van der Waals surface area contributed by atoms with Gasteiger partial charge in [-0.25, -0.2) is 4.79 Å². The molecule has 5 nitrogen and oxygen atoms in total. The number of hydrogen-bond acceptors (Lipinski definition) is 4. The van der Waals surface area contributed by atoms with E-state index in [9.17, 15) is 9.90 Å². The molecule has 0 aliphatic carbocycles. The number of nitrogens with zero attached hydrogens (tertiary/aromatic N) is 1. The number of benzene rings is 1. The fourth-order valence-electron chi connectivity index (χ4n) is 1.26. The lowest BCUT2D eigenvalue weighted by Gasteiger charge is -2.18. The van der Waals surface area contributed by atoms with Crippen LogP contribution in [-0.2, 0) is 4.79 Å². The van der Waals surface area contributed by atoms with Gasteiger partial charge in [0.1, 0.15) is 6.07 Å². The Labute approximate surface area is 103 Å². The SMILES string of the molecule is CC(O)C(Nc1ccc(C#N)c(Cl)c1)C(=O)O. The number of carboxylic acid groups (broad SMARTS) is 1. The van der Waals surface area contributed by atoms with Gasteiger partial charge >= 0.3 is 5.97 Å². The standard InChI is InChI=1S/C11H11ClN2O3/c1-6(15)10(11(16)17)14-8-3-2-7(5-13)9(12)4-8/h2-4,6,10,14-15H,1H3,(H,16,17). The molecule has 0 fully saturated rings. The second-order valence-electron chi connectivity index (χ2n) is 3.51. The molecule has 0 amide bonds. The van der Waals surface area contributed by atoms with Crippen molar-refractivity contribution in [3.63, 3.8) is 0 Å². The molecule has 1 aromatic rings. The van der Waals surface area contributed by atoms with Crippen LogP contribution in [0.15, 0.2) is 18.2 Å². The molecule has 0 radical (unpaired) electrons. The Hall–Kier alpha value is -1.77. The molecule has 0 aliphatic rings. The maximum atomic E-state index is 10.8. The van der Waals surface area contributed by atoms with Crippen molar-refractivity contribution in [3.8, 4) is 6.07 Å². The van der Waals surface area contributed by atoms with Gasteiger partial charge in [-0.05, 0) is 25.1 Å². The van der Waals surface area contributed by atoms with Crippen LogP contribution < -0.4 is 5.32 Å². The van der Waals surface area contributed by atoms with Gasteiger partial charge in [-0.15, -0.1) is 0 Å². The maximum absolute atomic E-state index is 10.8. The van der Waals surface area contributed by atoms with E-state index in [1.54, 1.807) is 0 Å². The van der Waals surface area contributed by atoms with Gasteiger partial charge in [0, 0.05) is 5.69 Å². The van der Waals surface area contributed by atoms with Crippen LogP contribution in [0.25, 0.3) is 0 Å². The lowest BCUT2D eigenvalue weighted by Crippen LogP contribution is -2.38. The van der Waals surface area contributed by atoms with Gasteiger partial charge in [0.15, 0.2) is 6.04 Å². The number of carbonyl (C=O) groups is 1. The zero-order valence-electron chi connectivity index (χ0n) is 9.01. The fourth-order valence-corrected chi connectivity index (χ4v) is 1.49. The molecule has 6 heteroatoms. The molecular formula is C11H11ClN2O3. The Balaban J connectivity index is 2.92. The summed E-state index contributed by atoms with van der Waals surface area (Å²) in [5, 5.41) is 29.7. The van der Waals surface area contributed by atoms with Crippen molar-refractivity contribution in [2.45, 2.75) is 19.1 Å². The van der Waals surface area contributed by atoms with Gasteiger partial charge in [-0.3, -0.25) is 0 Å². The van der Waals surface area contributed by atoms with Crippen molar-refractivity contribution in [2.75, 3.05) is 5.32 Å². The zero-order chi connectivity index (χ0) is 13.0. The van der Waals surface area contributed by atoms with Crippen LogP contribution in [0.4, 0.5) is 5.69 Å². The number of aliphatic carboxylic acids is 1. The summed E-state index contributed by atoms with van der Waals surface area (Å²) in [6, 6.07) is 5.22. The summed E-state index contributed by atoms with van der Waals surface area (Å²) >= 11 is 5.80. The van der Waals surface area contributed by atoms with E-state index in [0.717, 1.165) is 0 Å². The smallest absolute Gasteiger partial charge is 0.328 e. The number of rotatable bonds is 4. The predicted molar refractivity (Wildman–Crippen MR) is 62.9 cm³/mol. The minimum atomic E-state index is -1.17. The van der Waals surface area contributed by atoms with Gasteiger partial charge in [0.05, 0.1) is 16.7 Å². The zero-order valence-corrected chi connectivity index (χ0v) is 9.77. The largest absolute Gasteiger partial charge is 0.480 e. The van der Waals surface area contributed by atoms with E-state index in [0.29, 0.717) is 11.3 Å². The molecule has 0 aromatic heterocycles. The molecule has 0 saturated heterocycles. The number of halogens is 1. The molecule has 3 N–H and O–H groups in total. The number of hydrogen-bond donors (Lipinski definition) is 3. The molecule has 0 bridgehead atoms. The van der Waals surface area contributed by atoms with Crippen molar-refractivity contribution in [2.24, 2.45) is 0 Å². The van der Waals surface area contributed by atoms with Crippen molar-refractivity contribution < 1.29 is 15.0 Å². The van der Waals surface area contributed by atoms with Crippen LogP contribution in [0.5, 0.6) is 0 Å². The van der Waals surface area contributed by atoms with Gasteiger partial charge in [0.2, 0.25) is 0 Å². The molecule has 0 aliphatic heterocycles. The topological polar surface area (TPSA) is 93.4 Å². The van der Waals surface area contributed by atoms with Crippen LogP contribution in [0, 0.1) is 11.3 Å². The first-order chi connectivity index (χ1) is 7.95. The molecule has 2 unspecified atom stereocenters. The summed E-state index contributed by atoms with van der Waals surface area (Å²) in [4.78, 5) is 10.8. The van der Waals surface area contributed by atoms with Crippen molar-refractivity contribution >= 4 is 23.3 Å². The fraction of sp³-hybridized carbons (Fsp3) is 0.273. The highest BCUT2D eigenvalue weighted by Gasteiger charge is 2.22. The minimum absolute atomic E-state index is 0.229. The molecule has 0 heterocycles. The second-order valence-corrected chi connectivity index (χ2v) is 3.91. The van der Waals surface area contributed by atoms with Gasteiger partial charge in [-0.2, -0.15) is 5.26 Å². The third kappa shape index (κ3) is 3.34. The van der Waals surface area contributed by atoms with E-state index in [1.165, 1.54) is 25.1 Å². The average Bonchev–Trinajstić information content (AvgIpc) is 2.25. The Kier molecular flexibility index (Phi) is 4.32. The predicted octanol–water partition coefficient (Wildman–Crippen LogP) is 1.46. The Bertz CT molecular complexity index is 468. The van der Waals surface area contributed by atoms with Gasteiger partial charge in [0.25, 0.3) is 0 Å². The van der Waals surface area contributed by atoms with E-state index in [1.807, 2.05) is 6.07 Å². The Morgan fingerprint density at radius 3 is 2.65 bits per heavy atom. The number of carboxylic acids is 1. The van der Waals surface area contributed by atoms with E-state index in [4.69, 9.17) is 22.0 Å². The molecule has 17 heavy (non-hydrogen) atoms. The molecule has 1 rings (SSSR count). The highest BCUT2D eigenvalue weighted by atomic mass is 35.5. The van der Waals surface area contributed by atoms with Crippen LogP contribution >= 0.6 is 11.6 Å². The first-order valence-corrected chi connectivity index (χ1v) is 5.20. The van der Waals surface area contributed by atoms with Crippen molar-refractivity contribution in [1.29, 1.82) is 5.26 Å². The van der Waals surface area contributed by atoms with Crippen LogP contribution in [0.1, 0.15) is 12.5 Å². The first-order valence-electron chi connectivity index (χ1n) is 4.82. The lowest BCUT2D eigenvalue weighted by atomic mass is 10.1. The van der Waals surface area contributed by atoms with Crippen LogP contribution in [0.3, 0.4) is 0 Å². The Morgan fingerprint density at radius 2 is 2.24 bits per heavy atom. The average molecular weight is 255 g/mol. The van der Waals surface area contributed by atoms with E-state index in [2.05, 4.69) is 5.32 Å². The monoisotopic (exact) mass is 254 g/mol. The molecule has 0 saturated carbocycles. The molecule has 90 valence electrons. The summed E-state index contributed by atoms with van der Waals surface area (Å²) in [7, 11) is 0. The Morgan fingerprint density at radius 1 is 1.59 bits per heavy atom. The third-order valence-electron chi connectivity index (χ3n) is 2.16. The summed E-state index contributed by atoms with van der Waals surface area (Å²) in [5.41, 5.74) is 0.739. The highest BCUT2D eigenvalue weighted by molar-refractivity contribution is 6.32. The van der Waals surface area contributed by atoms with Crippen molar-refractivity contribution in [1.82, 2.24) is 0 Å². The molecule has 1 aromatic carbocycles. The van der Waals surface area contributed by atoms with E-state index >= 15 is 0 Å². The van der Waals surface area contributed by atoms with E-state index in [-0.39, 0.29) is 5.02 Å². The normalized spacial score (nSPS) is 13.5. The quantitative estimate of drug-likeness (QED) is 0.756. The van der Waals surface area contributed by atoms with E-state index < -0.39 is 18.1 Å². The minimum Gasteiger partial charge on any atom is -0.480 e. The number of aliphatic hydroxyl groups excluding tert-OH is 1. The van der Waals surface area contributed by atoms with Gasteiger partial charge < -0.3 is 15.5 Å². The molecule has 2 atom stereocenters. The second kappa shape index (κ2) is 5.53. The maximum Gasteiger partial charge on any atom is 0.328 e. The van der Waals surface area contributed by atoms with Crippen LogP contribution in [-0.4, -0.2) is 28.3 Å². The van der Waals surface area contributed by atoms with Crippen molar-refractivity contribution in [3.05, 3.63) is 28.8 Å². The van der Waals surface area contributed by atoms with Gasteiger partial charge in [-0.1, -0.05) is 11.6 Å². The third-order valence-corrected chi connectivity index (χ3v) is 2.47. The highest BCUT2D eigenvalue weighted by Crippen LogP contribution is 2.21. The molecule has 0 spiro atoms. The first kappa shape index (κ1) is 13.3. The summed E-state index contributed by atoms with van der Waals surface area (Å²) < 4.78 is 0. The summed E-state index contributed by atoms with van der Waals surface area (Å²) in [6.07, 6.45) is -1.05. The number of anilines is 1. The number of nitrogens with one attached hydrogen (secondary N) is 1. The number of nitriles is 1.